The summed E-state index contributed by atoms with van der Waals surface area (Å²) >= 11 is 0. The van der Waals surface area contributed by atoms with E-state index in [1.54, 1.807) is 7.11 Å². The average Bonchev–Trinajstić information content (AvgIpc) is 2.60. The highest BCUT2D eigenvalue weighted by molar-refractivity contribution is 5.84. The van der Waals surface area contributed by atoms with Crippen LogP contribution >= 0.6 is 0 Å². The molecule has 122 valence electrons. The van der Waals surface area contributed by atoms with Gasteiger partial charge in [-0.3, -0.25) is 9.69 Å². The first kappa shape index (κ1) is 15.8. The highest BCUT2D eigenvalue weighted by Gasteiger charge is 2.23. The number of hydrogen-bond acceptors (Lipinski definition) is 5. The SMILES string of the molecule is COC(=O)CN1CCO[C@@H](c2ccc3cc(OC)ccc3c2)C1. The zero-order valence-corrected chi connectivity index (χ0v) is 13.5. The zero-order valence-electron chi connectivity index (χ0n) is 13.5. The lowest BCUT2D eigenvalue weighted by Crippen LogP contribution is -2.41. The first-order valence-electron chi connectivity index (χ1n) is 7.68. The van der Waals surface area contributed by atoms with Crippen LogP contribution in [0.5, 0.6) is 5.75 Å². The molecule has 0 N–H and O–H groups in total. The molecule has 0 radical (unpaired) electrons. The number of hydrogen-bond donors (Lipinski definition) is 0. The van der Waals surface area contributed by atoms with Gasteiger partial charge < -0.3 is 14.2 Å². The van der Waals surface area contributed by atoms with Crippen LogP contribution in [0.2, 0.25) is 0 Å². The minimum atomic E-state index is -0.212. The van der Waals surface area contributed by atoms with E-state index in [4.69, 9.17) is 14.2 Å². The molecule has 1 aliphatic heterocycles. The third-order valence-corrected chi connectivity index (χ3v) is 4.17. The van der Waals surface area contributed by atoms with Crippen molar-refractivity contribution in [1.82, 2.24) is 4.90 Å². The molecular formula is C18H21NO4. The summed E-state index contributed by atoms with van der Waals surface area (Å²) in [6, 6.07) is 12.3. The third kappa shape index (κ3) is 3.63. The van der Waals surface area contributed by atoms with Crippen LogP contribution in [0.25, 0.3) is 10.8 Å². The Morgan fingerprint density at radius 2 is 2.00 bits per heavy atom. The quantitative estimate of drug-likeness (QED) is 0.811. The highest BCUT2D eigenvalue weighted by Crippen LogP contribution is 2.27. The standard InChI is InChI=1S/C18H21NO4/c1-21-16-6-5-13-9-15(4-3-14(13)10-16)17-11-19(7-8-23-17)12-18(20)22-2/h3-6,9-10,17H,7-8,11-12H2,1-2H3/t17-/m1/s1. The molecular weight excluding hydrogens is 294 g/mol. The highest BCUT2D eigenvalue weighted by atomic mass is 16.5. The van der Waals surface area contributed by atoms with Crippen LogP contribution in [0, 0.1) is 0 Å². The fourth-order valence-electron chi connectivity index (χ4n) is 2.86. The number of ether oxygens (including phenoxy) is 3. The number of rotatable bonds is 4. The minimum Gasteiger partial charge on any atom is -0.497 e. The minimum absolute atomic E-state index is 0.0279. The lowest BCUT2D eigenvalue weighted by atomic mass is 10.0. The molecule has 2 aromatic rings. The fourth-order valence-corrected chi connectivity index (χ4v) is 2.86. The summed E-state index contributed by atoms with van der Waals surface area (Å²) in [5, 5.41) is 2.28. The largest absolute Gasteiger partial charge is 0.497 e. The van der Waals surface area contributed by atoms with Gasteiger partial charge in [0, 0.05) is 13.1 Å². The van der Waals surface area contributed by atoms with Gasteiger partial charge in [-0.1, -0.05) is 18.2 Å². The first-order chi connectivity index (χ1) is 11.2. The van der Waals surface area contributed by atoms with Gasteiger partial charge >= 0.3 is 5.97 Å². The van der Waals surface area contributed by atoms with E-state index < -0.39 is 0 Å². The maximum absolute atomic E-state index is 11.4. The van der Waals surface area contributed by atoms with Crippen LogP contribution in [0.3, 0.4) is 0 Å². The van der Waals surface area contributed by atoms with Crippen molar-refractivity contribution in [2.75, 3.05) is 40.5 Å². The number of carbonyl (C=O) groups excluding carboxylic acids is 1. The molecule has 0 aromatic heterocycles. The molecule has 0 unspecified atom stereocenters. The summed E-state index contributed by atoms with van der Waals surface area (Å²) in [5.41, 5.74) is 1.12. The molecule has 1 saturated heterocycles. The molecule has 23 heavy (non-hydrogen) atoms. The molecule has 3 rings (SSSR count). The summed E-state index contributed by atoms with van der Waals surface area (Å²) in [5.74, 6) is 0.639. The molecule has 1 atom stereocenters. The number of benzene rings is 2. The summed E-state index contributed by atoms with van der Waals surface area (Å²) in [4.78, 5) is 13.5. The van der Waals surface area contributed by atoms with Crippen molar-refractivity contribution in [2.45, 2.75) is 6.10 Å². The second-order valence-electron chi connectivity index (χ2n) is 5.64. The van der Waals surface area contributed by atoms with E-state index in [-0.39, 0.29) is 12.1 Å². The van der Waals surface area contributed by atoms with Crippen LogP contribution in [-0.4, -0.2) is 51.3 Å². The molecule has 2 aromatic carbocycles. The molecule has 0 bridgehead atoms. The van der Waals surface area contributed by atoms with Gasteiger partial charge in [-0.15, -0.1) is 0 Å². The summed E-state index contributed by atoms with van der Waals surface area (Å²) in [7, 11) is 3.08. The van der Waals surface area contributed by atoms with E-state index in [0.717, 1.165) is 28.6 Å². The molecule has 0 saturated carbocycles. The molecule has 0 aliphatic carbocycles. The van der Waals surface area contributed by atoms with E-state index in [1.807, 2.05) is 18.2 Å². The fraction of sp³-hybridized carbons (Fsp3) is 0.389. The van der Waals surface area contributed by atoms with E-state index >= 15 is 0 Å². The molecule has 1 heterocycles. The number of methoxy groups -OCH3 is 2. The topological polar surface area (TPSA) is 48.0 Å². The molecule has 5 heteroatoms. The number of esters is 1. The molecule has 0 amide bonds. The summed E-state index contributed by atoms with van der Waals surface area (Å²) < 4.78 is 15.9. The molecule has 0 spiro atoms. The monoisotopic (exact) mass is 315 g/mol. The van der Waals surface area contributed by atoms with E-state index in [9.17, 15) is 4.79 Å². The predicted molar refractivity (Wildman–Crippen MR) is 87.6 cm³/mol. The summed E-state index contributed by atoms with van der Waals surface area (Å²) in [6.07, 6.45) is -0.0279. The van der Waals surface area contributed by atoms with Gasteiger partial charge in [-0.05, 0) is 34.5 Å². The molecule has 1 aliphatic rings. The second-order valence-corrected chi connectivity index (χ2v) is 5.64. The van der Waals surface area contributed by atoms with Gasteiger partial charge in [0.15, 0.2) is 0 Å². The van der Waals surface area contributed by atoms with Crippen molar-refractivity contribution in [2.24, 2.45) is 0 Å². The van der Waals surface area contributed by atoms with Crippen LogP contribution < -0.4 is 4.74 Å². The van der Waals surface area contributed by atoms with Gasteiger partial charge in [0.2, 0.25) is 0 Å². The van der Waals surface area contributed by atoms with Gasteiger partial charge in [0.25, 0.3) is 0 Å². The van der Waals surface area contributed by atoms with Crippen LogP contribution in [0.4, 0.5) is 0 Å². The number of carbonyl (C=O) groups is 1. The maximum Gasteiger partial charge on any atom is 0.319 e. The number of nitrogens with zero attached hydrogens (tertiary/aromatic N) is 1. The van der Waals surface area contributed by atoms with Crippen molar-refractivity contribution in [3.63, 3.8) is 0 Å². The van der Waals surface area contributed by atoms with E-state index in [2.05, 4.69) is 23.1 Å². The Bertz CT molecular complexity index is 700. The average molecular weight is 315 g/mol. The van der Waals surface area contributed by atoms with Crippen molar-refractivity contribution in [1.29, 1.82) is 0 Å². The third-order valence-electron chi connectivity index (χ3n) is 4.17. The van der Waals surface area contributed by atoms with Gasteiger partial charge in [-0.25, -0.2) is 0 Å². The van der Waals surface area contributed by atoms with Crippen LogP contribution in [-0.2, 0) is 14.3 Å². The maximum atomic E-state index is 11.4. The Hall–Kier alpha value is -2.11. The Labute approximate surface area is 135 Å². The van der Waals surface area contributed by atoms with Gasteiger partial charge in [0.05, 0.1) is 33.5 Å². The lowest BCUT2D eigenvalue weighted by Gasteiger charge is -2.32. The van der Waals surface area contributed by atoms with Gasteiger partial charge in [0.1, 0.15) is 5.75 Å². The zero-order chi connectivity index (χ0) is 16.2. The number of morpholine rings is 1. The number of fused-ring (bicyclic) bond motifs is 1. The van der Waals surface area contributed by atoms with Gasteiger partial charge in [-0.2, -0.15) is 0 Å². The van der Waals surface area contributed by atoms with E-state index in [0.29, 0.717) is 19.7 Å². The van der Waals surface area contributed by atoms with Crippen molar-refractivity contribution in [3.05, 3.63) is 42.0 Å². The Morgan fingerprint density at radius 3 is 2.78 bits per heavy atom. The van der Waals surface area contributed by atoms with Crippen LogP contribution in [0.1, 0.15) is 11.7 Å². The Balaban J connectivity index is 1.77. The van der Waals surface area contributed by atoms with Crippen LogP contribution in [0.15, 0.2) is 36.4 Å². The second kappa shape index (κ2) is 6.98. The van der Waals surface area contributed by atoms with E-state index in [1.165, 1.54) is 7.11 Å². The van der Waals surface area contributed by atoms with Crippen molar-refractivity contribution >= 4 is 16.7 Å². The van der Waals surface area contributed by atoms with Crippen molar-refractivity contribution in [3.8, 4) is 5.75 Å². The Morgan fingerprint density at radius 1 is 1.22 bits per heavy atom. The normalized spacial score (nSPS) is 18.8. The first-order valence-corrected chi connectivity index (χ1v) is 7.68. The van der Waals surface area contributed by atoms with Crippen molar-refractivity contribution < 1.29 is 19.0 Å². The smallest absolute Gasteiger partial charge is 0.319 e. The molecule has 1 fully saturated rings. The summed E-state index contributed by atoms with van der Waals surface area (Å²) in [6.45, 7) is 2.36. The predicted octanol–water partition coefficient (Wildman–Crippen LogP) is 2.39. The lowest BCUT2D eigenvalue weighted by molar-refractivity contribution is -0.143. The molecule has 5 nitrogen and oxygen atoms in total. The Kier molecular flexibility index (Phi) is 4.79.